The molecular formula is C21H14ClN5O2S. The van der Waals surface area contributed by atoms with Crippen molar-refractivity contribution < 1.29 is 9.59 Å². The van der Waals surface area contributed by atoms with E-state index in [0.717, 1.165) is 22.0 Å². The lowest BCUT2D eigenvalue weighted by atomic mass is 10.1. The number of rotatable bonds is 5. The maximum absolute atomic E-state index is 12.8. The fraction of sp³-hybridized carbons (Fsp3) is 0.0952. The van der Waals surface area contributed by atoms with Crippen molar-refractivity contribution in [3.05, 3.63) is 70.7 Å². The van der Waals surface area contributed by atoms with Gasteiger partial charge in [0.2, 0.25) is 11.1 Å². The van der Waals surface area contributed by atoms with E-state index in [1.54, 1.807) is 16.8 Å². The summed E-state index contributed by atoms with van der Waals surface area (Å²) in [6.45, 7) is 0. The number of hydrogen-bond acceptors (Lipinski definition) is 6. The standard InChI is InChI=1S/C21H14ClN5O2S/c22-16-10-17-13(9-20(29)23-17)8-15(16)19(28)11-30-21-24-25-26-27(21)18-7-3-5-12-4-1-2-6-14(12)18/h1-8,10H,9,11H2,(H,23,29). The Morgan fingerprint density at radius 2 is 2.00 bits per heavy atom. The predicted octanol–water partition coefficient (Wildman–Crippen LogP) is 3.94. The molecule has 0 spiro atoms. The molecule has 0 aliphatic carbocycles. The number of tetrazole rings is 1. The van der Waals surface area contributed by atoms with Crippen molar-refractivity contribution in [3.63, 3.8) is 0 Å². The summed E-state index contributed by atoms with van der Waals surface area (Å²) in [6.07, 6.45) is 0.249. The fourth-order valence-corrected chi connectivity index (χ4v) is 4.52. The van der Waals surface area contributed by atoms with Gasteiger partial charge in [0.1, 0.15) is 0 Å². The van der Waals surface area contributed by atoms with Gasteiger partial charge in [-0.15, -0.1) is 5.10 Å². The second kappa shape index (κ2) is 7.55. The fourth-order valence-electron chi connectivity index (χ4n) is 3.48. The number of ketones is 1. The van der Waals surface area contributed by atoms with Crippen molar-refractivity contribution in [1.29, 1.82) is 0 Å². The van der Waals surface area contributed by atoms with E-state index in [1.165, 1.54) is 11.8 Å². The minimum Gasteiger partial charge on any atom is -0.325 e. The highest BCUT2D eigenvalue weighted by Crippen LogP contribution is 2.31. The maximum Gasteiger partial charge on any atom is 0.228 e. The number of carbonyl (C=O) groups is 2. The maximum atomic E-state index is 12.8. The number of nitrogens with zero attached hydrogens (tertiary/aromatic N) is 4. The van der Waals surface area contributed by atoms with E-state index in [0.29, 0.717) is 21.4 Å². The summed E-state index contributed by atoms with van der Waals surface area (Å²) in [7, 11) is 0. The van der Waals surface area contributed by atoms with Crippen LogP contribution in [-0.4, -0.2) is 37.7 Å². The largest absolute Gasteiger partial charge is 0.325 e. The number of hydrogen-bond donors (Lipinski definition) is 1. The molecule has 3 aromatic carbocycles. The summed E-state index contributed by atoms with van der Waals surface area (Å²) in [4.78, 5) is 24.4. The number of halogens is 1. The van der Waals surface area contributed by atoms with Crippen LogP contribution in [0.15, 0.2) is 59.8 Å². The molecular weight excluding hydrogens is 422 g/mol. The summed E-state index contributed by atoms with van der Waals surface area (Å²) >= 11 is 7.52. The van der Waals surface area contributed by atoms with Gasteiger partial charge in [-0.1, -0.05) is 59.8 Å². The molecule has 0 atom stereocenters. The highest BCUT2D eigenvalue weighted by atomic mass is 35.5. The summed E-state index contributed by atoms with van der Waals surface area (Å²) in [5.41, 5.74) is 2.67. The molecule has 5 rings (SSSR count). The van der Waals surface area contributed by atoms with Gasteiger partial charge in [0.25, 0.3) is 0 Å². The smallest absolute Gasteiger partial charge is 0.228 e. The highest BCUT2D eigenvalue weighted by molar-refractivity contribution is 7.99. The van der Waals surface area contributed by atoms with Gasteiger partial charge < -0.3 is 5.32 Å². The van der Waals surface area contributed by atoms with Crippen molar-refractivity contribution in [3.8, 4) is 5.69 Å². The first-order valence-electron chi connectivity index (χ1n) is 9.15. The van der Waals surface area contributed by atoms with Crippen LogP contribution >= 0.6 is 23.4 Å². The Kier molecular flexibility index (Phi) is 4.72. The Morgan fingerprint density at radius 1 is 1.17 bits per heavy atom. The van der Waals surface area contributed by atoms with Crippen molar-refractivity contribution >= 4 is 51.5 Å². The first kappa shape index (κ1) is 18.8. The average Bonchev–Trinajstić information content (AvgIpc) is 3.36. The van der Waals surface area contributed by atoms with Crippen LogP contribution in [0.4, 0.5) is 5.69 Å². The quantitative estimate of drug-likeness (QED) is 0.377. The Labute approximate surface area is 180 Å². The third kappa shape index (κ3) is 3.34. The minimum atomic E-state index is -0.153. The lowest BCUT2D eigenvalue weighted by molar-refractivity contribution is -0.115. The summed E-state index contributed by atoms with van der Waals surface area (Å²) < 4.78 is 1.63. The van der Waals surface area contributed by atoms with Crippen LogP contribution in [0.5, 0.6) is 0 Å². The van der Waals surface area contributed by atoms with Gasteiger partial charge >= 0.3 is 0 Å². The highest BCUT2D eigenvalue weighted by Gasteiger charge is 2.22. The number of thioether (sulfide) groups is 1. The zero-order valence-corrected chi connectivity index (χ0v) is 17.1. The van der Waals surface area contributed by atoms with Crippen LogP contribution in [-0.2, 0) is 11.2 Å². The van der Waals surface area contributed by atoms with Crippen LogP contribution in [0.2, 0.25) is 5.02 Å². The van der Waals surface area contributed by atoms with Gasteiger partial charge in [-0.3, -0.25) is 9.59 Å². The molecule has 4 aromatic rings. The molecule has 1 aromatic heterocycles. The van der Waals surface area contributed by atoms with E-state index in [-0.39, 0.29) is 23.9 Å². The van der Waals surface area contributed by atoms with Gasteiger partial charge in [-0.05, 0) is 39.6 Å². The van der Waals surface area contributed by atoms with Crippen LogP contribution in [0, 0.1) is 0 Å². The second-order valence-electron chi connectivity index (χ2n) is 6.80. The van der Waals surface area contributed by atoms with Gasteiger partial charge in [-0.2, -0.15) is 4.68 Å². The molecule has 0 unspecified atom stereocenters. The average molecular weight is 436 g/mol. The van der Waals surface area contributed by atoms with Crippen LogP contribution in [0.3, 0.4) is 0 Å². The van der Waals surface area contributed by atoms with Gasteiger partial charge in [0.15, 0.2) is 5.78 Å². The third-order valence-electron chi connectivity index (χ3n) is 4.89. The third-order valence-corrected chi connectivity index (χ3v) is 6.12. The number of nitrogens with one attached hydrogen (secondary N) is 1. The lowest BCUT2D eigenvalue weighted by Crippen LogP contribution is -2.06. The van der Waals surface area contributed by atoms with E-state index in [9.17, 15) is 9.59 Å². The van der Waals surface area contributed by atoms with Crippen LogP contribution in [0.25, 0.3) is 16.5 Å². The Bertz CT molecular complexity index is 1310. The minimum absolute atomic E-state index is 0.102. The molecule has 7 nitrogen and oxygen atoms in total. The molecule has 0 saturated heterocycles. The monoisotopic (exact) mass is 435 g/mol. The van der Waals surface area contributed by atoms with Gasteiger partial charge in [0.05, 0.1) is 22.9 Å². The Hall–Kier alpha value is -3.23. The van der Waals surface area contributed by atoms with E-state index >= 15 is 0 Å². The Balaban J connectivity index is 1.40. The van der Waals surface area contributed by atoms with E-state index in [4.69, 9.17) is 11.6 Å². The first-order chi connectivity index (χ1) is 14.6. The number of amides is 1. The van der Waals surface area contributed by atoms with Gasteiger partial charge in [-0.25, -0.2) is 0 Å². The molecule has 1 amide bonds. The molecule has 148 valence electrons. The number of fused-ring (bicyclic) bond motifs is 2. The van der Waals surface area contributed by atoms with Crippen molar-refractivity contribution in [2.45, 2.75) is 11.6 Å². The Morgan fingerprint density at radius 3 is 2.90 bits per heavy atom. The zero-order valence-electron chi connectivity index (χ0n) is 15.5. The summed E-state index contributed by atoms with van der Waals surface area (Å²) in [5.74, 6) is -0.140. The summed E-state index contributed by atoms with van der Waals surface area (Å²) in [5, 5.41) is 17.6. The molecule has 9 heteroatoms. The molecule has 1 aliphatic heterocycles. The van der Waals surface area contributed by atoms with Crippen molar-refractivity contribution in [2.75, 3.05) is 11.1 Å². The number of anilines is 1. The van der Waals surface area contributed by atoms with Crippen molar-refractivity contribution in [1.82, 2.24) is 20.2 Å². The van der Waals surface area contributed by atoms with E-state index < -0.39 is 0 Å². The van der Waals surface area contributed by atoms with Gasteiger partial charge in [0, 0.05) is 16.6 Å². The topological polar surface area (TPSA) is 89.8 Å². The first-order valence-corrected chi connectivity index (χ1v) is 10.5. The van der Waals surface area contributed by atoms with Crippen LogP contribution in [0.1, 0.15) is 15.9 Å². The number of aromatic nitrogens is 4. The molecule has 1 aliphatic rings. The molecule has 1 N–H and O–H groups in total. The molecule has 2 heterocycles. The van der Waals surface area contributed by atoms with E-state index in [1.807, 2.05) is 42.5 Å². The molecule has 30 heavy (non-hydrogen) atoms. The summed E-state index contributed by atoms with van der Waals surface area (Å²) in [6, 6.07) is 17.2. The van der Waals surface area contributed by atoms with E-state index in [2.05, 4.69) is 20.8 Å². The van der Waals surface area contributed by atoms with Crippen molar-refractivity contribution in [2.24, 2.45) is 0 Å². The molecule has 0 fully saturated rings. The molecule has 0 saturated carbocycles. The zero-order chi connectivity index (χ0) is 20.7. The second-order valence-corrected chi connectivity index (χ2v) is 8.15. The lowest BCUT2D eigenvalue weighted by Gasteiger charge is -2.09. The van der Waals surface area contributed by atoms with Crippen LogP contribution < -0.4 is 5.32 Å². The number of Topliss-reactive ketones (excluding diaryl/α,β-unsaturated/α-hetero) is 1. The number of carbonyl (C=O) groups excluding carboxylic acids is 2. The predicted molar refractivity (Wildman–Crippen MR) is 116 cm³/mol. The SMILES string of the molecule is O=C1Cc2cc(C(=O)CSc3nnnn3-c3cccc4ccccc34)c(Cl)cc2N1. The molecule has 0 bridgehead atoms. The number of benzene rings is 3. The normalized spacial score (nSPS) is 12.8. The molecule has 0 radical (unpaired) electrons.